The Morgan fingerprint density at radius 1 is 0.976 bits per heavy atom. The zero-order valence-electron chi connectivity index (χ0n) is 23.5. The van der Waals surface area contributed by atoms with Crippen LogP contribution in [0.3, 0.4) is 0 Å². The minimum atomic E-state index is -4.78. The molecule has 0 radical (unpaired) electrons. The van der Waals surface area contributed by atoms with Gasteiger partial charge in [-0.15, -0.1) is 0 Å². The third kappa shape index (κ3) is 8.96. The van der Waals surface area contributed by atoms with Crippen LogP contribution < -0.4 is 9.62 Å². The second kappa shape index (κ2) is 14.1. The molecular weight excluding hydrogens is 591 g/mol. The van der Waals surface area contributed by atoms with Gasteiger partial charge in [-0.3, -0.25) is 13.9 Å². The topological polar surface area (TPSA) is 86.8 Å². The van der Waals surface area contributed by atoms with Gasteiger partial charge in [0.05, 0.1) is 22.5 Å². The summed E-state index contributed by atoms with van der Waals surface area (Å²) in [6.07, 6.45) is -3.23. The van der Waals surface area contributed by atoms with Crippen LogP contribution in [0, 0.1) is 6.92 Å². The molecule has 0 aromatic heterocycles. The minimum Gasteiger partial charge on any atom is -0.354 e. The van der Waals surface area contributed by atoms with E-state index >= 15 is 0 Å². The van der Waals surface area contributed by atoms with Crippen molar-refractivity contribution < 1.29 is 31.2 Å². The van der Waals surface area contributed by atoms with E-state index in [0.29, 0.717) is 28.9 Å². The second-order valence-corrected chi connectivity index (χ2v) is 12.3. The van der Waals surface area contributed by atoms with E-state index in [2.05, 4.69) is 5.32 Å². The zero-order valence-corrected chi connectivity index (χ0v) is 25.1. The summed E-state index contributed by atoms with van der Waals surface area (Å²) in [6, 6.07) is 17.5. The van der Waals surface area contributed by atoms with Gasteiger partial charge in [-0.1, -0.05) is 78.7 Å². The summed E-state index contributed by atoms with van der Waals surface area (Å²) < 4.78 is 66.8. The fourth-order valence-electron chi connectivity index (χ4n) is 4.40. The van der Waals surface area contributed by atoms with Crippen LogP contribution in [0.4, 0.5) is 18.9 Å². The summed E-state index contributed by atoms with van der Waals surface area (Å²) in [5, 5.41) is 2.54. The molecule has 2 amide bonds. The number of aryl methyl sites for hydroxylation is 1. The molecule has 0 aliphatic carbocycles. The lowest BCUT2D eigenvalue weighted by Crippen LogP contribution is -2.53. The number of amides is 2. The molecule has 0 spiro atoms. The van der Waals surface area contributed by atoms with Gasteiger partial charge in [0.25, 0.3) is 0 Å². The van der Waals surface area contributed by atoms with Crippen LogP contribution in [-0.2, 0) is 38.8 Å². The molecule has 3 aromatic rings. The number of halogens is 4. The average molecular weight is 624 g/mol. The molecule has 3 aromatic carbocycles. The summed E-state index contributed by atoms with van der Waals surface area (Å²) in [5.41, 5.74) is 0.738. The number of carbonyl (C=O) groups excluding carboxylic acids is 2. The van der Waals surface area contributed by atoms with E-state index in [1.165, 1.54) is 4.90 Å². The molecule has 1 atom stereocenters. The Bertz CT molecular complexity index is 1500. The number of anilines is 1. The Labute approximate surface area is 249 Å². The molecule has 3 rings (SSSR count). The third-order valence-electron chi connectivity index (χ3n) is 6.48. The summed E-state index contributed by atoms with van der Waals surface area (Å²) in [7, 11) is -4.30. The number of sulfonamides is 1. The van der Waals surface area contributed by atoms with Gasteiger partial charge in [-0.05, 0) is 42.7 Å². The van der Waals surface area contributed by atoms with Gasteiger partial charge in [-0.25, -0.2) is 8.42 Å². The van der Waals surface area contributed by atoms with Gasteiger partial charge in [0.1, 0.15) is 12.6 Å². The lowest BCUT2D eigenvalue weighted by molar-refractivity contribution is -0.140. The van der Waals surface area contributed by atoms with E-state index in [1.807, 2.05) is 32.0 Å². The highest BCUT2D eigenvalue weighted by Crippen LogP contribution is 2.36. The van der Waals surface area contributed by atoms with Crippen molar-refractivity contribution >= 4 is 39.1 Å². The van der Waals surface area contributed by atoms with Crippen molar-refractivity contribution in [3.63, 3.8) is 0 Å². The predicted molar refractivity (Wildman–Crippen MR) is 158 cm³/mol. The van der Waals surface area contributed by atoms with E-state index in [0.717, 1.165) is 29.5 Å². The Hall–Kier alpha value is -3.57. The standard InChI is InChI=1S/C30H33ClF3N3O4S/c1-4-15-35-29(39)27(17-22-10-6-5-7-11-22)36(19-23-12-8-9-21(2)16-23)28(38)20-37(42(3,40)41)26-18-24(30(32,33)34)13-14-25(26)31/h5-14,16,18,27H,4,15,17,19-20H2,1-3H3,(H,35,39)/t27-/m1/s1. The summed E-state index contributed by atoms with van der Waals surface area (Å²) in [6.45, 7) is 3.17. The van der Waals surface area contributed by atoms with Gasteiger partial charge in [0.15, 0.2) is 0 Å². The number of alkyl halides is 3. The summed E-state index contributed by atoms with van der Waals surface area (Å²) in [5.74, 6) is -1.23. The first-order valence-corrected chi connectivity index (χ1v) is 15.4. The first-order chi connectivity index (χ1) is 19.7. The number of benzene rings is 3. The fourth-order valence-corrected chi connectivity index (χ4v) is 5.53. The van der Waals surface area contributed by atoms with E-state index in [-0.39, 0.29) is 18.0 Å². The van der Waals surface area contributed by atoms with E-state index in [1.54, 1.807) is 36.4 Å². The van der Waals surface area contributed by atoms with Crippen molar-refractivity contribution in [2.75, 3.05) is 23.7 Å². The molecular formula is C30H33ClF3N3O4S. The molecule has 0 saturated heterocycles. The van der Waals surface area contributed by atoms with Gasteiger partial charge in [0, 0.05) is 19.5 Å². The van der Waals surface area contributed by atoms with Gasteiger partial charge < -0.3 is 10.2 Å². The smallest absolute Gasteiger partial charge is 0.354 e. The molecule has 0 fully saturated rings. The maximum absolute atomic E-state index is 14.0. The van der Waals surface area contributed by atoms with E-state index in [9.17, 15) is 31.2 Å². The molecule has 0 bridgehead atoms. The first-order valence-electron chi connectivity index (χ1n) is 13.2. The third-order valence-corrected chi connectivity index (χ3v) is 7.92. The van der Waals surface area contributed by atoms with Crippen molar-refractivity contribution in [1.29, 1.82) is 0 Å². The van der Waals surface area contributed by atoms with Crippen LogP contribution in [0.1, 0.15) is 35.6 Å². The minimum absolute atomic E-state index is 0.0501. The normalized spacial score (nSPS) is 12.5. The Kier molecular flexibility index (Phi) is 11.0. The monoisotopic (exact) mass is 623 g/mol. The maximum Gasteiger partial charge on any atom is 0.416 e. The second-order valence-electron chi connectivity index (χ2n) is 9.94. The van der Waals surface area contributed by atoms with Crippen molar-refractivity contribution in [2.45, 2.75) is 45.5 Å². The summed E-state index contributed by atoms with van der Waals surface area (Å²) in [4.78, 5) is 28.8. The van der Waals surface area contributed by atoms with Crippen LogP contribution >= 0.6 is 11.6 Å². The van der Waals surface area contributed by atoms with Crippen molar-refractivity contribution in [2.24, 2.45) is 0 Å². The Morgan fingerprint density at radius 3 is 2.24 bits per heavy atom. The quantitative estimate of drug-likeness (QED) is 0.285. The van der Waals surface area contributed by atoms with Crippen LogP contribution in [0.2, 0.25) is 5.02 Å². The number of rotatable bonds is 12. The lowest BCUT2D eigenvalue weighted by atomic mass is 10.0. The average Bonchev–Trinajstić information content (AvgIpc) is 2.92. The maximum atomic E-state index is 14.0. The predicted octanol–water partition coefficient (Wildman–Crippen LogP) is 5.60. The Morgan fingerprint density at radius 2 is 1.64 bits per heavy atom. The summed E-state index contributed by atoms with van der Waals surface area (Å²) >= 11 is 6.17. The highest BCUT2D eigenvalue weighted by atomic mass is 35.5. The SMILES string of the molecule is CCCNC(=O)[C@@H](Cc1ccccc1)N(Cc1cccc(C)c1)C(=O)CN(c1cc(C(F)(F)F)ccc1Cl)S(C)(=O)=O. The first kappa shape index (κ1) is 32.9. The molecule has 7 nitrogen and oxygen atoms in total. The van der Waals surface area contributed by atoms with Gasteiger partial charge >= 0.3 is 6.18 Å². The number of hydrogen-bond donors (Lipinski definition) is 1. The molecule has 0 aliphatic heterocycles. The van der Waals surface area contributed by atoms with Gasteiger partial charge in [0.2, 0.25) is 21.8 Å². The molecule has 0 heterocycles. The van der Waals surface area contributed by atoms with Crippen molar-refractivity contribution in [3.05, 3.63) is 100 Å². The van der Waals surface area contributed by atoms with Crippen LogP contribution in [-0.4, -0.2) is 50.5 Å². The fraction of sp³-hybridized carbons (Fsp3) is 0.333. The van der Waals surface area contributed by atoms with Crippen LogP contribution in [0.25, 0.3) is 0 Å². The number of nitrogens with zero attached hydrogens (tertiary/aromatic N) is 2. The molecule has 226 valence electrons. The van der Waals surface area contributed by atoms with E-state index in [4.69, 9.17) is 11.6 Å². The van der Waals surface area contributed by atoms with Crippen molar-refractivity contribution in [3.8, 4) is 0 Å². The number of hydrogen-bond acceptors (Lipinski definition) is 4. The Balaban J connectivity index is 2.10. The van der Waals surface area contributed by atoms with Crippen LogP contribution in [0.5, 0.6) is 0 Å². The highest BCUT2D eigenvalue weighted by Gasteiger charge is 2.35. The van der Waals surface area contributed by atoms with Crippen molar-refractivity contribution in [1.82, 2.24) is 10.2 Å². The number of carbonyl (C=O) groups is 2. The van der Waals surface area contributed by atoms with Crippen LogP contribution in [0.15, 0.2) is 72.8 Å². The zero-order chi connectivity index (χ0) is 31.1. The molecule has 0 unspecified atom stereocenters. The largest absolute Gasteiger partial charge is 0.416 e. The molecule has 42 heavy (non-hydrogen) atoms. The highest BCUT2D eigenvalue weighted by molar-refractivity contribution is 7.92. The number of nitrogens with one attached hydrogen (secondary N) is 1. The lowest BCUT2D eigenvalue weighted by Gasteiger charge is -2.33. The molecule has 12 heteroatoms. The van der Waals surface area contributed by atoms with Gasteiger partial charge in [-0.2, -0.15) is 13.2 Å². The van der Waals surface area contributed by atoms with E-state index < -0.39 is 51.9 Å². The molecule has 0 saturated carbocycles. The molecule has 1 N–H and O–H groups in total. The molecule has 0 aliphatic rings.